The van der Waals surface area contributed by atoms with E-state index in [1.807, 2.05) is 13.8 Å². The van der Waals surface area contributed by atoms with Gasteiger partial charge in [0.15, 0.2) is 0 Å². The number of rotatable bonds is 4. The molecule has 3 N–H and O–H groups in total. The summed E-state index contributed by atoms with van der Waals surface area (Å²) in [5.74, 6) is -0.118. The van der Waals surface area contributed by atoms with E-state index in [1.165, 1.54) is 12.1 Å². The van der Waals surface area contributed by atoms with E-state index in [2.05, 4.69) is 0 Å². The van der Waals surface area contributed by atoms with Gasteiger partial charge in [-0.15, -0.1) is 12.4 Å². The molecule has 1 aromatic rings. The Morgan fingerprint density at radius 1 is 1.41 bits per heavy atom. The van der Waals surface area contributed by atoms with Gasteiger partial charge < -0.3 is 10.8 Å². The highest BCUT2D eigenvalue weighted by atomic mass is 35.5. The summed E-state index contributed by atoms with van der Waals surface area (Å²) >= 11 is 5.66. The topological polar surface area (TPSA) is 46.2 Å². The smallest absolute Gasteiger partial charge is 0.141 e. The summed E-state index contributed by atoms with van der Waals surface area (Å²) in [6, 6.07) is 3.75. The van der Waals surface area contributed by atoms with Crippen LogP contribution in [0.5, 0.6) is 0 Å². The highest BCUT2D eigenvalue weighted by molar-refractivity contribution is 6.30. The van der Waals surface area contributed by atoms with Gasteiger partial charge in [0, 0.05) is 0 Å². The molecule has 0 saturated carbocycles. The Labute approximate surface area is 112 Å². The number of hydrogen-bond acceptors (Lipinski definition) is 2. The second-order valence-electron chi connectivity index (χ2n) is 4.40. The van der Waals surface area contributed by atoms with Gasteiger partial charge in [-0.05, 0) is 30.0 Å². The van der Waals surface area contributed by atoms with Crippen molar-refractivity contribution in [1.29, 1.82) is 0 Å². The molecule has 98 valence electrons. The molecule has 0 heterocycles. The molecule has 1 rings (SSSR count). The highest BCUT2D eigenvalue weighted by Crippen LogP contribution is 2.23. The van der Waals surface area contributed by atoms with E-state index < -0.39 is 18.0 Å². The number of nitrogens with two attached hydrogens (primary N) is 1. The standard InChI is InChI=1S/C12H17ClFNO.ClH/c1-7(2)5-11(16)12(15)8-3-4-10(14)9(13)6-8;/h3-4,6-7,11-12,16H,5,15H2,1-2H3;1H/t11-,12+;/m0./s1. The summed E-state index contributed by atoms with van der Waals surface area (Å²) in [4.78, 5) is 0. The molecule has 1 aromatic carbocycles. The normalized spacial score (nSPS) is 14.3. The minimum Gasteiger partial charge on any atom is -0.391 e. The monoisotopic (exact) mass is 281 g/mol. The fourth-order valence-electron chi connectivity index (χ4n) is 1.57. The minimum atomic E-state index is -0.637. The van der Waals surface area contributed by atoms with Crippen LogP contribution in [0.25, 0.3) is 0 Å². The maximum absolute atomic E-state index is 12.9. The molecule has 0 fully saturated rings. The Bertz CT molecular complexity index is 360. The average molecular weight is 282 g/mol. The predicted octanol–water partition coefficient (Wildman–Crippen LogP) is 3.31. The maximum Gasteiger partial charge on any atom is 0.141 e. The van der Waals surface area contributed by atoms with E-state index in [9.17, 15) is 9.50 Å². The van der Waals surface area contributed by atoms with Crippen molar-refractivity contribution in [2.75, 3.05) is 0 Å². The molecule has 0 aromatic heterocycles. The number of hydrogen-bond donors (Lipinski definition) is 2. The zero-order chi connectivity index (χ0) is 12.3. The third kappa shape index (κ3) is 4.80. The fraction of sp³-hybridized carbons (Fsp3) is 0.500. The van der Waals surface area contributed by atoms with Gasteiger partial charge in [-0.3, -0.25) is 0 Å². The van der Waals surface area contributed by atoms with E-state index in [-0.39, 0.29) is 17.4 Å². The first kappa shape index (κ1) is 16.6. The van der Waals surface area contributed by atoms with Crippen LogP contribution in [0.2, 0.25) is 5.02 Å². The second-order valence-corrected chi connectivity index (χ2v) is 4.80. The average Bonchev–Trinajstić information content (AvgIpc) is 2.20. The molecule has 0 saturated heterocycles. The van der Waals surface area contributed by atoms with Gasteiger partial charge in [0.25, 0.3) is 0 Å². The van der Waals surface area contributed by atoms with Crippen LogP contribution in [0.4, 0.5) is 4.39 Å². The number of aliphatic hydroxyl groups is 1. The van der Waals surface area contributed by atoms with Crippen molar-refractivity contribution in [2.45, 2.75) is 32.4 Å². The van der Waals surface area contributed by atoms with Gasteiger partial charge in [-0.25, -0.2) is 4.39 Å². The molecule has 2 atom stereocenters. The Kier molecular flexibility index (Phi) is 7.02. The van der Waals surface area contributed by atoms with Gasteiger partial charge in [0.05, 0.1) is 17.2 Å². The number of benzene rings is 1. The molecular weight excluding hydrogens is 264 g/mol. The van der Waals surface area contributed by atoms with Crippen molar-refractivity contribution < 1.29 is 9.50 Å². The first-order chi connectivity index (χ1) is 7.41. The van der Waals surface area contributed by atoms with E-state index in [0.29, 0.717) is 17.9 Å². The largest absolute Gasteiger partial charge is 0.391 e. The van der Waals surface area contributed by atoms with Crippen LogP contribution in [-0.4, -0.2) is 11.2 Å². The van der Waals surface area contributed by atoms with Crippen LogP contribution in [-0.2, 0) is 0 Å². The van der Waals surface area contributed by atoms with Crippen LogP contribution in [0.1, 0.15) is 31.9 Å². The summed E-state index contributed by atoms with van der Waals surface area (Å²) < 4.78 is 12.9. The number of aliphatic hydroxyl groups excluding tert-OH is 1. The Balaban J connectivity index is 0.00000256. The summed E-state index contributed by atoms with van der Waals surface area (Å²) in [5.41, 5.74) is 6.53. The van der Waals surface area contributed by atoms with Gasteiger partial charge in [-0.1, -0.05) is 31.5 Å². The number of halogens is 3. The van der Waals surface area contributed by atoms with Gasteiger partial charge in [0.2, 0.25) is 0 Å². The lowest BCUT2D eigenvalue weighted by atomic mass is 9.95. The summed E-state index contributed by atoms with van der Waals surface area (Å²) in [5, 5.41) is 9.87. The molecule has 0 aliphatic carbocycles. The molecule has 0 bridgehead atoms. The van der Waals surface area contributed by atoms with Crippen molar-refractivity contribution >= 4 is 24.0 Å². The highest BCUT2D eigenvalue weighted by Gasteiger charge is 2.18. The fourth-order valence-corrected chi connectivity index (χ4v) is 1.76. The van der Waals surface area contributed by atoms with Gasteiger partial charge in [0.1, 0.15) is 5.82 Å². The molecular formula is C12H18Cl2FNO. The first-order valence-corrected chi connectivity index (χ1v) is 5.68. The molecule has 0 aliphatic rings. The van der Waals surface area contributed by atoms with Crippen molar-refractivity contribution in [3.63, 3.8) is 0 Å². The van der Waals surface area contributed by atoms with Gasteiger partial charge in [-0.2, -0.15) is 0 Å². The Morgan fingerprint density at radius 2 is 2.00 bits per heavy atom. The molecule has 0 amide bonds. The quantitative estimate of drug-likeness (QED) is 0.890. The molecule has 0 aliphatic heterocycles. The first-order valence-electron chi connectivity index (χ1n) is 5.30. The van der Waals surface area contributed by atoms with E-state index >= 15 is 0 Å². The lowest BCUT2D eigenvalue weighted by Gasteiger charge is -2.21. The molecule has 2 nitrogen and oxygen atoms in total. The molecule has 0 unspecified atom stereocenters. The van der Waals surface area contributed by atoms with E-state index in [0.717, 1.165) is 0 Å². The van der Waals surface area contributed by atoms with Crippen molar-refractivity contribution in [2.24, 2.45) is 11.7 Å². The Morgan fingerprint density at radius 3 is 2.47 bits per heavy atom. The molecule has 0 spiro atoms. The molecule has 17 heavy (non-hydrogen) atoms. The Hall–Kier alpha value is -0.350. The van der Waals surface area contributed by atoms with Crippen molar-refractivity contribution in [3.05, 3.63) is 34.6 Å². The lowest BCUT2D eigenvalue weighted by molar-refractivity contribution is 0.121. The summed E-state index contributed by atoms with van der Waals surface area (Å²) in [6.07, 6.45) is -0.0302. The molecule has 5 heteroatoms. The molecule has 0 radical (unpaired) electrons. The zero-order valence-corrected chi connectivity index (χ0v) is 11.4. The minimum absolute atomic E-state index is 0. The van der Waals surface area contributed by atoms with Crippen LogP contribution in [0.15, 0.2) is 18.2 Å². The van der Waals surface area contributed by atoms with Crippen LogP contribution >= 0.6 is 24.0 Å². The van der Waals surface area contributed by atoms with Crippen LogP contribution in [0.3, 0.4) is 0 Å². The van der Waals surface area contributed by atoms with E-state index in [4.69, 9.17) is 17.3 Å². The zero-order valence-electron chi connectivity index (χ0n) is 9.86. The SMILES string of the molecule is CC(C)C[C@H](O)[C@H](N)c1ccc(F)c(Cl)c1.Cl. The maximum atomic E-state index is 12.9. The van der Waals surface area contributed by atoms with Gasteiger partial charge >= 0.3 is 0 Å². The third-order valence-corrected chi connectivity index (χ3v) is 2.75. The van der Waals surface area contributed by atoms with Crippen molar-refractivity contribution in [3.8, 4) is 0 Å². The summed E-state index contributed by atoms with van der Waals surface area (Å²) in [6.45, 7) is 4.02. The van der Waals surface area contributed by atoms with Crippen LogP contribution in [0, 0.1) is 11.7 Å². The van der Waals surface area contributed by atoms with Crippen molar-refractivity contribution in [1.82, 2.24) is 0 Å². The lowest BCUT2D eigenvalue weighted by Crippen LogP contribution is -2.27. The third-order valence-electron chi connectivity index (χ3n) is 2.46. The second kappa shape index (κ2) is 7.17. The summed E-state index contributed by atoms with van der Waals surface area (Å²) in [7, 11) is 0. The van der Waals surface area contributed by atoms with Crippen LogP contribution < -0.4 is 5.73 Å². The predicted molar refractivity (Wildman–Crippen MR) is 71.0 cm³/mol. The van der Waals surface area contributed by atoms with E-state index in [1.54, 1.807) is 6.07 Å².